The number of para-hydroxylation sites is 1. The van der Waals surface area contributed by atoms with Crippen molar-refractivity contribution in [3.63, 3.8) is 0 Å². The van der Waals surface area contributed by atoms with E-state index in [2.05, 4.69) is 15.6 Å². The van der Waals surface area contributed by atoms with E-state index in [-0.39, 0.29) is 11.5 Å². The normalized spacial score (nSPS) is 10.3. The number of hydrogen-bond donors (Lipinski definition) is 2. The third kappa shape index (κ3) is 4.17. The van der Waals surface area contributed by atoms with E-state index in [1.165, 1.54) is 12.3 Å². The second-order valence-electron chi connectivity index (χ2n) is 6.11. The highest BCUT2D eigenvalue weighted by atomic mass is 19.1. The minimum Gasteiger partial charge on any atom is -0.322 e. The molecule has 136 valence electrons. The van der Waals surface area contributed by atoms with Gasteiger partial charge in [-0.15, -0.1) is 0 Å². The number of carbonyl (C=O) groups excluding carboxylic acids is 2. The molecule has 2 amide bonds. The smallest absolute Gasteiger partial charge is 0.258 e. The van der Waals surface area contributed by atoms with Crippen molar-refractivity contribution < 1.29 is 14.0 Å². The standard InChI is InChI=1S/C21H18FN3O2/c1-13-5-3-6-14(2)19(13)25-20(26)15-7-4-8-16(11-15)24-21(27)17-9-10-23-12-18(17)22/h3-12H,1-2H3,(H,24,27)(H,25,26). The average Bonchev–Trinajstić information content (AvgIpc) is 2.65. The number of anilines is 2. The lowest BCUT2D eigenvalue weighted by atomic mass is 10.1. The van der Waals surface area contributed by atoms with Crippen LogP contribution in [0.5, 0.6) is 0 Å². The number of benzene rings is 2. The molecular formula is C21H18FN3O2. The fourth-order valence-corrected chi connectivity index (χ4v) is 2.69. The van der Waals surface area contributed by atoms with Crippen LogP contribution in [0.2, 0.25) is 0 Å². The van der Waals surface area contributed by atoms with E-state index in [1.54, 1.807) is 24.3 Å². The molecule has 2 N–H and O–H groups in total. The summed E-state index contributed by atoms with van der Waals surface area (Å²) < 4.78 is 13.7. The van der Waals surface area contributed by atoms with E-state index < -0.39 is 11.7 Å². The number of carbonyl (C=O) groups is 2. The number of halogens is 1. The Bertz CT molecular complexity index is 998. The number of pyridine rings is 1. The van der Waals surface area contributed by atoms with Crippen LogP contribution < -0.4 is 10.6 Å². The molecule has 0 saturated heterocycles. The molecule has 0 fully saturated rings. The maximum Gasteiger partial charge on any atom is 0.258 e. The van der Waals surface area contributed by atoms with Gasteiger partial charge in [0.15, 0.2) is 5.82 Å². The van der Waals surface area contributed by atoms with Gasteiger partial charge in [0.1, 0.15) is 0 Å². The van der Waals surface area contributed by atoms with Gasteiger partial charge in [-0.3, -0.25) is 14.6 Å². The largest absolute Gasteiger partial charge is 0.322 e. The van der Waals surface area contributed by atoms with Crippen molar-refractivity contribution in [1.29, 1.82) is 0 Å². The van der Waals surface area contributed by atoms with Gasteiger partial charge >= 0.3 is 0 Å². The summed E-state index contributed by atoms with van der Waals surface area (Å²) in [5.41, 5.74) is 3.34. The molecule has 2 aromatic carbocycles. The van der Waals surface area contributed by atoms with Crippen molar-refractivity contribution in [2.45, 2.75) is 13.8 Å². The number of nitrogens with zero attached hydrogens (tertiary/aromatic N) is 1. The second-order valence-corrected chi connectivity index (χ2v) is 6.11. The van der Waals surface area contributed by atoms with E-state index >= 15 is 0 Å². The zero-order valence-electron chi connectivity index (χ0n) is 14.9. The molecule has 0 atom stereocenters. The van der Waals surface area contributed by atoms with Gasteiger partial charge in [0.05, 0.1) is 11.8 Å². The topological polar surface area (TPSA) is 71.1 Å². The lowest BCUT2D eigenvalue weighted by molar-refractivity contribution is 0.101. The van der Waals surface area contributed by atoms with Gasteiger partial charge in [0.25, 0.3) is 11.8 Å². The van der Waals surface area contributed by atoms with E-state index in [1.807, 2.05) is 32.0 Å². The Balaban J connectivity index is 1.78. The monoisotopic (exact) mass is 363 g/mol. The summed E-state index contributed by atoms with van der Waals surface area (Å²) in [6, 6.07) is 13.5. The van der Waals surface area contributed by atoms with Crippen LogP contribution in [-0.2, 0) is 0 Å². The van der Waals surface area contributed by atoms with Gasteiger partial charge in [-0.1, -0.05) is 24.3 Å². The summed E-state index contributed by atoms with van der Waals surface area (Å²) in [6.07, 6.45) is 2.32. The predicted octanol–water partition coefficient (Wildman–Crippen LogP) is 4.34. The third-order valence-corrected chi connectivity index (χ3v) is 4.12. The van der Waals surface area contributed by atoms with E-state index in [4.69, 9.17) is 0 Å². The summed E-state index contributed by atoms with van der Waals surface area (Å²) in [7, 11) is 0. The molecule has 1 heterocycles. The van der Waals surface area contributed by atoms with Crippen molar-refractivity contribution in [3.05, 3.63) is 89.0 Å². The molecule has 0 unspecified atom stereocenters. The summed E-state index contributed by atoms with van der Waals surface area (Å²) in [6.45, 7) is 3.84. The zero-order chi connectivity index (χ0) is 19.4. The number of nitrogens with one attached hydrogen (secondary N) is 2. The van der Waals surface area contributed by atoms with Crippen LogP contribution in [0.1, 0.15) is 31.8 Å². The highest BCUT2D eigenvalue weighted by Crippen LogP contribution is 2.21. The van der Waals surface area contributed by atoms with Crippen molar-refractivity contribution in [1.82, 2.24) is 4.98 Å². The lowest BCUT2D eigenvalue weighted by Gasteiger charge is -2.12. The molecule has 0 aliphatic rings. The first-order valence-electron chi connectivity index (χ1n) is 8.34. The first-order chi connectivity index (χ1) is 13.0. The number of hydrogen-bond acceptors (Lipinski definition) is 3. The Morgan fingerprint density at radius 3 is 2.33 bits per heavy atom. The molecule has 1 aromatic heterocycles. The first kappa shape index (κ1) is 18.3. The molecule has 0 radical (unpaired) electrons. The van der Waals surface area contributed by atoms with E-state index in [0.717, 1.165) is 23.0 Å². The summed E-state index contributed by atoms with van der Waals surface area (Å²) in [4.78, 5) is 28.4. The van der Waals surface area contributed by atoms with E-state index in [9.17, 15) is 14.0 Å². The van der Waals surface area contributed by atoms with Crippen molar-refractivity contribution >= 4 is 23.2 Å². The van der Waals surface area contributed by atoms with Crippen LogP contribution in [0.25, 0.3) is 0 Å². The maximum atomic E-state index is 13.7. The fourth-order valence-electron chi connectivity index (χ4n) is 2.69. The predicted molar refractivity (Wildman–Crippen MR) is 102 cm³/mol. The molecule has 5 nitrogen and oxygen atoms in total. The molecule has 0 aliphatic heterocycles. The Kier molecular flexibility index (Phi) is 5.26. The van der Waals surface area contributed by atoms with Gasteiger partial charge < -0.3 is 10.6 Å². The first-order valence-corrected chi connectivity index (χ1v) is 8.34. The molecule has 0 spiro atoms. The highest BCUT2D eigenvalue weighted by Gasteiger charge is 2.14. The quantitative estimate of drug-likeness (QED) is 0.724. The summed E-state index contributed by atoms with van der Waals surface area (Å²) >= 11 is 0. The Morgan fingerprint density at radius 1 is 0.926 bits per heavy atom. The molecular weight excluding hydrogens is 345 g/mol. The molecule has 3 rings (SSSR count). The van der Waals surface area contributed by atoms with Gasteiger partial charge in [0.2, 0.25) is 0 Å². The highest BCUT2D eigenvalue weighted by molar-refractivity contribution is 6.07. The van der Waals surface area contributed by atoms with E-state index in [0.29, 0.717) is 11.3 Å². The lowest BCUT2D eigenvalue weighted by Crippen LogP contribution is -2.16. The van der Waals surface area contributed by atoms with Crippen LogP contribution in [0.15, 0.2) is 60.9 Å². The molecule has 3 aromatic rings. The fraction of sp³-hybridized carbons (Fsp3) is 0.0952. The van der Waals surface area contributed by atoms with Crippen molar-refractivity contribution in [3.8, 4) is 0 Å². The minimum atomic E-state index is -0.709. The van der Waals surface area contributed by atoms with Crippen LogP contribution in [0, 0.1) is 19.7 Å². The molecule has 0 bridgehead atoms. The van der Waals surface area contributed by atoms with Gasteiger partial charge in [-0.25, -0.2) is 4.39 Å². The second kappa shape index (κ2) is 7.78. The average molecular weight is 363 g/mol. The maximum absolute atomic E-state index is 13.7. The zero-order valence-corrected chi connectivity index (χ0v) is 14.9. The minimum absolute atomic E-state index is 0.115. The van der Waals surface area contributed by atoms with Crippen LogP contribution in [-0.4, -0.2) is 16.8 Å². The number of amides is 2. The molecule has 6 heteroatoms. The number of rotatable bonds is 4. The third-order valence-electron chi connectivity index (χ3n) is 4.12. The molecule has 27 heavy (non-hydrogen) atoms. The summed E-state index contributed by atoms with van der Waals surface area (Å²) in [5.74, 6) is -1.61. The SMILES string of the molecule is Cc1cccc(C)c1NC(=O)c1cccc(NC(=O)c2ccncc2F)c1. The van der Waals surface area contributed by atoms with Gasteiger partial charge in [-0.05, 0) is 49.2 Å². The van der Waals surface area contributed by atoms with Gasteiger partial charge in [-0.2, -0.15) is 0 Å². The number of aromatic nitrogens is 1. The Labute approximate surface area is 156 Å². The Hall–Kier alpha value is -3.54. The van der Waals surface area contributed by atoms with Crippen molar-refractivity contribution in [2.24, 2.45) is 0 Å². The van der Waals surface area contributed by atoms with Crippen LogP contribution in [0.4, 0.5) is 15.8 Å². The summed E-state index contributed by atoms with van der Waals surface area (Å²) in [5, 5.41) is 5.49. The van der Waals surface area contributed by atoms with Crippen molar-refractivity contribution in [2.75, 3.05) is 10.6 Å². The Morgan fingerprint density at radius 2 is 1.63 bits per heavy atom. The van der Waals surface area contributed by atoms with Gasteiger partial charge in [0, 0.05) is 23.1 Å². The van der Waals surface area contributed by atoms with Crippen LogP contribution in [0.3, 0.4) is 0 Å². The number of aryl methyl sites for hydroxylation is 2. The van der Waals surface area contributed by atoms with Crippen LogP contribution >= 0.6 is 0 Å². The molecule has 0 aliphatic carbocycles. The molecule has 0 saturated carbocycles.